The lowest BCUT2D eigenvalue weighted by Gasteiger charge is -2.34. The van der Waals surface area contributed by atoms with E-state index in [1.807, 2.05) is 6.92 Å². The van der Waals surface area contributed by atoms with Crippen LogP contribution in [0.4, 0.5) is 4.39 Å². The van der Waals surface area contributed by atoms with Crippen LogP contribution in [0, 0.1) is 5.82 Å². The molecule has 27 heavy (non-hydrogen) atoms. The zero-order valence-electron chi connectivity index (χ0n) is 15.1. The minimum absolute atomic E-state index is 0.0666. The largest absolute Gasteiger partial charge is 0.360 e. The predicted molar refractivity (Wildman–Crippen MR) is 95.6 cm³/mol. The van der Waals surface area contributed by atoms with Crippen LogP contribution in [0.25, 0.3) is 0 Å². The second kappa shape index (κ2) is 9.77. The van der Waals surface area contributed by atoms with Crippen molar-refractivity contribution in [2.24, 2.45) is 0 Å². The highest BCUT2D eigenvalue weighted by atomic mass is 32.2. The summed E-state index contributed by atoms with van der Waals surface area (Å²) in [6, 6.07) is 4.48. The van der Waals surface area contributed by atoms with Gasteiger partial charge >= 0.3 is 11.8 Å². The van der Waals surface area contributed by atoms with Crippen LogP contribution in [0.1, 0.15) is 26.2 Å². The Bertz CT molecular complexity index is 754. The van der Waals surface area contributed by atoms with Crippen molar-refractivity contribution in [3.05, 3.63) is 30.1 Å². The molecule has 150 valence electrons. The number of carbonyl (C=O) groups excluding carboxylic acids is 2. The van der Waals surface area contributed by atoms with E-state index in [1.165, 1.54) is 12.1 Å². The molecule has 1 unspecified atom stereocenters. The summed E-state index contributed by atoms with van der Waals surface area (Å²) < 4.78 is 45.2. The van der Waals surface area contributed by atoms with Crippen LogP contribution in [0.3, 0.4) is 0 Å². The van der Waals surface area contributed by atoms with Gasteiger partial charge < -0.3 is 15.4 Å². The molecule has 2 N–H and O–H groups in total. The molecule has 1 aromatic rings. The van der Waals surface area contributed by atoms with Gasteiger partial charge in [0, 0.05) is 13.1 Å². The average Bonchev–Trinajstić information content (AvgIpc) is 2.66. The van der Waals surface area contributed by atoms with Crippen molar-refractivity contribution in [3.63, 3.8) is 0 Å². The summed E-state index contributed by atoms with van der Waals surface area (Å²) >= 11 is 0. The number of ether oxygens (including phenoxy) is 1. The van der Waals surface area contributed by atoms with Gasteiger partial charge in [-0.3, -0.25) is 9.59 Å². The Balaban J connectivity index is 2.01. The number of sulfonamides is 1. The number of rotatable bonds is 7. The van der Waals surface area contributed by atoms with E-state index < -0.39 is 33.9 Å². The lowest BCUT2D eigenvalue weighted by Crippen LogP contribution is -2.53. The summed E-state index contributed by atoms with van der Waals surface area (Å²) in [6.45, 7) is 2.72. The third-order valence-electron chi connectivity index (χ3n) is 4.03. The number of benzene rings is 1. The Labute approximate surface area is 158 Å². The van der Waals surface area contributed by atoms with E-state index in [0.717, 1.165) is 29.3 Å². The van der Waals surface area contributed by atoms with Gasteiger partial charge in [-0.15, -0.1) is 0 Å². The van der Waals surface area contributed by atoms with Gasteiger partial charge in [0.1, 0.15) is 12.0 Å². The predicted octanol–water partition coefficient (Wildman–Crippen LogP) is 0.595. The van der Waals surface area contributed by atoms with E-state index in [-0.39, 0.29) is 18.0 Å². The highest BCUT2D eigenvalue weighted by Crippen LogP contribution is 2.22. The number of nitrogens with zero attached hydrogens (tertiary/aromatic N) is 1. The molecule has 1 aliphatic heterocycles. The zero-order valence-corrected chi connectivity index (χ0v) is 15.9. The SMILES string of the molecule is CCCCNC(=O)C(=O)NCC1OCCCN1S(=O)(=O)c1ccc(F)cc1. The Morgan fingerprint density at radius 3 is 2.56 bits per heavy atom. The van der Waals surface area contributed by atoms with Crippen molar-refractivity contribution >= 4 is 21.8 Å². The maximum atomic E-state index is 13.1. The van der Waals surface area contributed by atoms with Crippen molar-refractivity contribution in [2.75, 3.05) is 26.2 Å². The quantitative estimate of drug-likeness (QED) is 0.514. The minimum atomic E-state index is -3.92. The fraction of sp³-hybridized carbons (Fsp3) is 0.529. The standard InChI is InChI=1S/C17H24FN3O5S/c1-2-3-9-19-16(22)17(23)20-12-15-21(10-4-11-26-15)27(24,25)14-7-5-13(18)6-8-14/h5-8,15H,2-4,9-12H2,1H3,(H,19,22)(H,20,23). The van der Waals surface area contributed by atoms with Crippen molar-refractivity contribution < 1.29 is 27.1 Å². The van der Waals surface area contributed by atoms with Crippen LogP contribution >= 0.6 is 0 Å². The Hall–Kier alpha value is -2.04. The highest BCUT2D eigenvalue weighted by Gasteiger charge is 2.34. The number of halogens is 1. The van der Waals surface area contributed by atoms with E-state index in [0.29, 0.717) is 19.6 Å². The van der Waals surface area contributed by atoms with E-state index in [2.05, 4.69) is 10.6 Å². The number of unbranched alkanes of at least 4 members (excludes halogenated alkanes) is 1. The lowest BCUT2D eigenvalue weighted by molar-refractivity contribution is -0.140. The van der Waals surface area contributed by atoms with Crippen molar-refractivity contribution in [2.45, 2.75) is 37.3 Å². The summed E-state index contributed by atoms with van der Waals surface area (Å²) in [6.07, 6.45) is 1.19. The summed E-state index contributed by atoms with van der Waals surface area (Å²) in [5.41, 5.74) is 0. The van der Waals surface area contributed by atoms with Crippen LogP contribution in [0.15, 0.2) is 29.2 Å². The second-order valence-electron chi connectivity index (χ2n) is 6.07. The fourth-order valence-corrected chi connectivity index (χ4v) is 4.13. The molecule has 1 fully saturated rings. The molecule has 1 saturated heterocycles. The molecule has 0 radical (unpaired) electrons. The van der Waals surface area contributed by atoms with Crippen molar-refractivity contribution in [1.29, 1.82) is 0 Å². The summed E-state index contributed by atoms with van der Waals surface area (Å²) in [5.74, 6) is -2.16. The summed E-state index contributed by atoms with van der Waals surface area (Å²) in [4.78, 5) is 23.5. The molecule has 0 bridgehead atoms. The van der Waals surface area contributed by atoms with E-state index in [4.69, 9.17) is 4.74 Å². The number of carbonyl (C=O) groups is 2. The fourth-order valence-electron chi connectivity index (χ4n) is 2.56. The molecular weight excluding hydrogens is 377 g/mol. The second-order valence-corrected chi connectivity index (χ2v) is 7.96. The van der Waals surface area contributed by atoms with E-state index in [9.17, 15) is 22.4 Å². The first-order valence-electron chi connectivity index (χ1n) is 8.81. The smallest absolute Gasteiger partial charge is 0.309 e. The molecular formula is C17H24FN3O5S. The molecule has 8 nitrogen and oxygen atoms in total. The maximum Gasteiger partial charge on any atom is 0.309 e. The van der Waals surface area contributed by atoms with Gasteiger partial charge in [-0.1, -0.05) is 13.3 Å². The molecule has 1 atom stereocenters. The molecule has 0 aliphatic carbocycles. The monoisotopic (exact) mass is 401 g/mol. The van der Waals surface area contributed by atoms with Crippen LogP contribution in [-0.2, 0) is 24.3 Å². The number of hydrogen-bond donors (Lipinski definition) is 2. The molecule has 2 rings (SSSR count). The van der Waals surface area contributed by atoms with Gasteiger partial charge in [0.25, 0.3) is 0 Å². The van der Waals surface area contributed by atoms with Gasteiger partial charge in [0.2, 0.25) is 10.0 Å². The molecule has 0 aromatic heterocycles. The number of nitrogens with one attached hydrogen (secondary N) is 2. The topological polar surface area (TPSA) is 105 Å². The average molecular weight is 401 g/mol. The molecule has 0 saturated carbocycles. The lowest BCUT2D eigenvalue weighted by atomic mass is 10.3. The first kappa shape index (κ1) is 21.3. The van der Waals surface area contributed by atoms with Crippen molar-refractivity contribution in [3.8, 4) is 0 Å². The molecule has 0 spiro atoms. The third kappa shape index (κ3) is 5.72. The Kier molecular flexibility index (Phi) is 7.69. The molecule has 1 aromatic carbocycles. The minimum Gasteiger partial charge on any atom is -0.360 e. The van der Waals surface area contributed by atoms with Gasteiger partial charge in [-0.25, -0.2) is 12.8 Å². The van der Waals surface area contributed by atoms with Gasteiger partial charge in [0.05, 0.1) is 18.0 Å². The van der Waals surface area contributed by atoms with E-state index in [1.54, 1.807) is 0 Å². The highest BCUT2D eigenvalue weighted by molar-refractivity contribution is 7.89. The first-order chi connectivity index (χ1) is 12.9. The van der Waals surface area contributed by atoms with Gasteiger partial charge in [-0.2, -0.15) is 4.31 Å². The molecule has 1 heterocycles. The zero-order chi connectivity index (χ0) is 19.9. The summed E-state index contributed by atoms with van der Waals surface area (Å²) in [7, 11) is -3.92. The van der Waals surface area contributed by atoms with Crippen LogP contribution < -0.4 is 10.6 Å². The number of amides is 2. The Morgan fingerprint density at radius 1 is 1.22 bits per heavy atom. The first-order valence-corrected chi connectivity index (χ1v) is 10.2. The van der Waals surface area contributed by atoms with E-state index >= 15 is 0 Å². The van der Waals surface area contributed by atoms with Crippen LogP contribution in [0.5, 0.6) is 0 Å². The van der Waals surface area contributed by atoms with Crippen molar-refractivity contribution in [1.82, 2.24) is 14.9 Å². The van der Waals surface area contributed by atoms with Gasteiger partial charge in [0.15, 0.2) is 0 Å². The third-order valence-corrected chi connectivity index (χ3v) is 5.94. The van der Waals surface area contributed by atoms with Crippen LogP contribution in [0.2, 0.25) is 0 Å². The van der Waals surface area contributed by atoms with Crippen LogP contribution in [-0.4, -0.2) is 57.0 Å². The van der Waals surface area contributed by atoms with Gasteiger partial charge in [-0.05, 0) is 37.1 Å². The number of hydrogen-bond acceptors (Lipinski definition) is 5. The maximum absolute atomic E-state index is 13.1. The Morgan fingerprint density at radius 2 is 1.89 bits per heavy atom. The molecule has 1 aliphatic rings. The summed E-state index contributed by atoms with van der Waals surface area (Å²) in [5, 5.41) is 4.88. The normalized spacial score (nSPS) is 18.1. The molecule has 2 amide bonds. The molecule has 10 heteroatoms.